The van der Waals surface area contributed by atoms with Crippen LogP contribution >= 0.6 is 11.6 Å². The van der Waals surface area contributed by atoms with Gasteiger partial charge in [0.25, 0.3) is 0 Å². The Morgan fingerprint density at radius 2 is 2.29 bits per heavy atom. The third-order valence-corrected chi connectivity index (χ3v) is 2.49. The molecular weight excluding hydrogens is 202 g/mol. The van der Waals surface area contributed by atoms with Gasteiger partial charge >= 0.3 is 0 Å². The van der Waals surface area contributed by atoms with E-state index in [1.54, 1.807) is 11.6 Å². The van der Waals surface area contributed by atoms with Crippen molar-refractivity contribution < 1.29 is 5.11 Å². The van der Waals surface area contributed by atoms with E-state index in [-0.39, 0.29) is 6.10 Å². The number of hydrogen-bond acceptors (Lipinski definition) is 3. The highest BCUT2D eigenvalue weighted by atomic mass is 35.5. The molecule has 0 aliphatic rings. The van der Waals surface area contributed by atoms with Gasteiger partial charge in [-0.3, -0.25) is 4.68 Å². The van der Waals surface area contributed by atoms with Crippen molar-refractivity contribution in [2.75, 3.05) is 6.54 Å². The molecule has 4 nitrogen and oxygen atoms in total. The fourth-order valence-electron chi connectivity index (χ4n) is 1.27. The van der Waals surface area contributed by atoms with Crippen molar-refractivity contribution in [1.82, 2.24) is 15.1 Å². The van der Waals surface area contributed by atoms with Crippen LogP contribution in [-0.2, 0) is 13.6 Å². The Balaban J connectivity index is 2.58. The molecule has 0 radical (unpaired) electrons. The fraction of sp³-hybridized carbons (Fsp3) is 0.667. The molecule has 1 rings (SSSR count). The summed E-state index contributed by atoms with van der Waals surface area (Å²) in [7, 11) is 1.86. The predicted octanol–water partition coefficient (Wildman–Crippen LogP) is 0.852. The highest BCUT2D eigenvalue weighted by molar-refractivity contribution is 6.31. The van der Waals surface area contributed by atoms with Gasteiger partial charge in [0.15, 0.2) is 0 Å². The minimum atomic E-state index is -0.344. The van der Waals surface area contributed by atoms with E-state index in [0.29, 0.717) is 18.1 Å². The lowest BCUT2D eigenvalue weighted by Gasteiger charge is -2.07. The first kappa shape index (κ1) is 11.5. The summed E-state index contributed by atoms with van der Waals surface area (Å²) in [6.45, 7) is 4.80. The lowest BCUT2D eigenvalue weighted by atomic mass is 10.3. The summed E-state index contributed by atoms with van der Waals surface area (Å²) in [6.07, 6.45) is -0.344. The molecule has 1 atom stereocenters. The van der Waals surface area contributed by atoms with E-state index >= 15 is 0 Å². The lowest BCUT2D eigenvalue weighted by molar-refractivity contribution is 0.190. The van der Waals surface area contributed by atoms with Gasteiger partial charge in [-0.1, -0.05) is 11.6 Å². The molecule has 0 amide bonds. The summed E-state index contributed by atoms with van der Waals surface area (Å²) in [5, 5.41) is 17.0. The maximum atomic E-state index is 9.06. The second kappa shape index (κ2) is 4.77. The Morgan fingerprint density at radius 3 is 2.71 bits per heavy atom. The second-order valence-electron chi connectivity index (χ2n) is 3.45. The van der Waals surface area contributed by atoms with Gasteiger partial charge in [0.2, 0.25) is 0 Å². The van der Waals surface area contributed by atoms with Crippen molar-refractivity contribution in [3.8, 4) is 0 Å². The average Bonchev–Trinajstić information content (AvgIpc) is 2.31. The number of halogens is 1. The monoisotopic (exact) mass is 217 g/mol. The Hall–Kier alpha value is -0.580. The topological polar surface area (TPSA) is 50.1 Å². The van der Waals surface area contributed by atoms with E-state index in [1.165, 1.54) is 0 Å². The Kier molecular flexibility index (Phi) is 3.92. The molecule has 2 N–H and O–H groups in total. The van der Waals surface area contributed by atoms with Crippen LogP contribution in [0.15, 0.2) is 0 Å². The molecule has 0 aliphatic heterocycles. The minimum absolute atomic E-state index is 0.344. The van der Waals surface area contributed by atoms with Crippen LogP contribution in [0.2, 0.25) is 5.02 Å². The van der Waals surface area contributed by atoms with Gasteiger partial charge in [0.05, 0.1) is 22.5 Å². The van der Waals surface area contributed by atoms with E-state index in [0.717, 1.165) is 11.4 Å². The molecule has 0 aliphatic carbocycles. The van der Waals surface area contributed by atoms with Crippen molar-refractivity contribution in [2.24, 2.45) is 7.05 Å². The van der Waals surface area contributed by atoms with Crippen LogP contribution in [0.3, 0.4) is 0 Å². The number of nitrogens with zero attached hydrogens (tertiary/aromatic N) is 2. The van der Waals surface area contributed by atoms with Crippen LogP contribution in [-0.4, -0.2) is 27.5 Å². The van der Waals surface area contributed by atoms with E-state index < -0.39 is 0 Å². The molecule has 5 heteroatoms. The molecule has 0 aromatic carbocycles. The summed E-state index contributed by atoms with van der Waals surface area (Å²) in [5.41, 5.74) is 1.79. The second-order valence-corrected chi connectivity index (χ2v) is 3.83. The maximum Gasteiger partial charge on any atom is 0.0860 e. The van der Waals surface area contributed by atoms with Crippen LogP contribution in [0.5, 0.6) is 0 Å². The minimum Gasteiger partial charge on any atom is -0.392 e. The van der Waals surface area contributed by atoms with Gasteiger partial charge in [-0.05, 0) is 13.8 Å². The molecule has 0 saturated carbocycles. The predicted molar refractivity (Wildman–Crippen MR) is 56.3 cm³/mol. The quantitative estimate of drug-likeness (QED) is 0.787. The molecule has 1 unspecified atom stereocenters. The van der Waals surface area contributed by atoms with E-state index in [2.05, 4.69) is 10.4 Å². The Morgan fingerprint density at radius 1 is 1.64 bits per heavy atom. The molecule has 0 bridgehead atoms. The molecule has 0 spiro atoms. The zero-order chi connectivity index (χ0) is 10.7. The van der Waals surface area contributed by atoms with E-state index in [9.17, 15) is 0 Å². The summed E-state index contributed by atoms with van der Waals surface area (Å²) in [4.78, 5) is 0. The SMILES string of the molecule is Cc1nn(C)c(CNCC(C)O)c1Cl. The number of hydrogen-bond donors (Lipinski definition) is 2. The number of nitrogens with one attached hydrogen (secondary N) is 1. The number of aryl methyl sites for hydroxylation is 2. The molecule has 1 heterocycles. The zero-order valence-corrected chi connectivity index (χ0v) is 9.47. The third-order valence-electron chi connectivity index (χ3n) is 1.99. The molecule has 0 saturated heterocycles. The first-order chi connectivity index (χ1) is 6.52. The summed E-state index contributed by atoms with van der Waals surface area (Å²) >= 11 is 6.04. The summed E-state index contributed by atoms with van der Waals surface area (Å²) < 4.78 is 1.76. The molecular formula is C9H16ClN3O. The van der Waals surface area contributed by atoms with Crippen molar-refractivity contribution in [3.05, 3.63) is 16.4 Å². The van der Waals surface area contributed by atoms with Gasteiger partial charge in [-0.2, -0.15) is 5.10 Å². The van der Waals surface area contributed by atoms with Gasteiger partial charge in [-0.25, -0.2) is 0 Å². The highest BCUT2D eigenvalue weighted by Gasteiger charge is 2.10. The van der Waals surface area contributed by atoms with Crippen LogP contribution < -0.4 is 5.32 Å². The van der Waals surface area contributed by atoms with Crippen LogP contribution in [0.25, 0.3) is 0 Å². The largest absolute Gasteiger partial charge is 0.392 e. The third kappa shape index (κ3) is 2.70. The number of rotatable bonds is 4. The van der Waals surface area contributed by atoms with Crippen LogP contribution in [0.1, 0.15) is 18.3 Å². The standard InChI is InChI=1S/C9H16ClN3O/c1-6(14)4-11-5-8-9(10)7(2)12-13(8)3/h6,11,14H,4-5H2,1-3H3. The van der Waals surface area contributed by atoms with Gasteiger partial charge in [-0.15, -0.1) is 0 Å². The summed E-state index contributed by atoms with van der Waals surface area (Å²) in [6, 6.07) is 0. The average molecular weight is 218 g/mol. The smallest absolute Gasteiger partial charge is 0.0860 e. The van der Waals surface area contributed by atoms with Crippen molar-refractivity contribution >= 4 is 11.6 Å². The van der Waals surface area contributed by atoms with Crippen molar-refractivity contribution in [2.45, 2.75) is 26.5 Å². The molecule has 14 heavy (non-hydrogen) atoms. The fourth-order valence-corrected chi connectivity index (χ4v) is 1.50. The van der Waals surface area contributed by atoms with Crippen molar-refractivity contribution in [1.29, 1.82) is 0 Å². The van der Waals surface area contributed by atoms with Crippen LogP contribution in [0.4, 0.5) is 0 Å². The van der Waals surface area contributed by atoms with E-state index in [4.69, 9.17) is 16.7 Å². The van der Waals surface area contributed by atoms with E-state index in [1.807, 2.05) is 14.0 Å². The van der Waals surface area contributed by atoms with Crippen LogP contribution in [0, 0.1) is 6.92 Å². The molecule has 1 aromatic rings. The van der Waals surface area contributed by atoms with Gasteiger partial charge in [0.1, 0.15) is 0 Å². The zero-order valence-electron chi connectivity index (χ0n) is 8.71. The number of aliphatic hydroxyl groups excluding tert-OH is 1. The number of aliphatic hydroxyl groups is 1. The Labute approximate surface area is 88.9 Å². The molecule has 80 valence electrons. The maximum absolute atomic E-state index is 9.06. The van der Waals surface area contributed by atoms with Crippen molar-refractivity contribution in [3.63, 3.8) is 0 Å². The first-order valence-electron chi connectivity index (χ1n) is 4.59. The normalized spacial score (nSPS) is 13.2. The highest BCUT2D eigenvalue weighted by Crippen LogP contribution is 2.18. The molecule has 0 fully saturated rings. The van der Waals surface area contributed by atoms with Gasteiger partial charge in [0, 0.05) is 20.1 Å². The van der Waals surface area contributed by atoms with Gasteiger partial charge < -0.3 is 10.4 Å². The first-order valence-corrected chi connectivity index (χ1v) is 4.97. The lowest BCUT2D eigenvalue weighted by Crippen LogP contribution is -2.25. The molecule has 1 aromatic heterocycles. The summed E-state index contributed by atoms with van der Waals surface area (Å²) in [5.74, 6) is 0. The number of aromatic nitrogens is 2. The Bertz CT molecular complexity index is 309.